The summed E-state index contributed by atoms with van der Waals surface area (Å²) in [6, 6.07) is 7.96. The molecule has 0 spiro atoms. The summed E-state index contributed by atoms with van der Waals surface area (Å²) in [5.74, 6) is -0.503. The second-order valence-electron chi connectivity index (χ2n) is 4.75. The quantitative estimate of drug-likeness (QED) is 0.773. The Morgan fingerprint density at radius 1 is 1.26 bits per heavy atom. The lowest BCUT2D eigenvalue weighted by Crippen LogP contribution is -2.23. The number of aliphatic hydroxyl groups is 1. The molecule has 4 nitrogen and oxygen atoms in total. The fraction of sp³-hybridized carbons (Fsp3) is 0.200. The molecule has 2 N–H and O–H groups in total. The van der Waals surface area contributed by atoms with Crippen molar-refractivity contribution in [3.8, 4) is 0 Å². The van der Waals surface area contributed by atoms with E-state index in [4.69, 9.17) is 11.6 Å². The molecule has 2 aromatic rings. The molecule has 0 aromatic heterocycles. The van der Waals surface area contributed by atoms with Crippen molar-refractivity contribution < 1.29 is 17.9 Å². The third-order valence-electron chi connectivity index (χ3n) is 3.17. The monoisotopic (exact) mass is 421 g/mol. The largest absolute Gasteiger partial charge is 0.384 e. The highest BCUT2D eigenvalue weighted by molar-refractivity contribution is 9.10. The summed E-state index contributed by atoms with van der Waals surface area (Å²) in [4.78, 5) is 0.0763. The van der Waals surface area contributed by atoms with Gasteiger partial charge in [-0.25, -0.2) is 17.5 Å². The Bertz CT molecular complexity index is 829. The predicted molar refractivity (Wildman–Crippen MR) is 90.5 cm³/mol. The molecule has 0 amide bonds. The van der Waals surface area contributed by atoms with E-state index >= 15 is 0 Å². The van der Waals surface area contributed by atoms with E-state index in [1.54, 1.807) is 6.92 Å². The number of halogens is 3. The molecule has 1 unspecified atom stereocenters. The van der Waals surface area contributed by atoms with Crippen LogP contribution >= 0.6 is 27.5 Å². The molecule has 0 bridgehead atoms. The van der Waals surface area contributed by atoms with Crippen molar-refractivity contribution in [1.29, 1.82) is 0 Å². The molecule has 2 rings (SSSR count). The molecule has 8 heteroatoms. The van der Waals surface area contributed by atoms with E-state index < -0.39 is 21.9 Å². The lowest BCUT2D eigenvalue weighted by Gasteiger charge is -2.16. The van der Waals surface area contributed by atoms with Crippen molar-refractivity contribution in [3.63, 3.8) is 0 Å². The van der Waals surface area contributed by atoms with Crippen LogP contribution in [0, 0.1) is 5.82 Å². The highest BCUT2D eigenvalue weighted by Crippen LogP contribution is 2.33. The van der Waals surface area contributed by atoms with Gasteiger partial charge in [0.2, 0.25) is 10.0 Å². The van der Waals surface area contributed by atoms with Gasteiger partial charge in [0.15, 0.2) is 0 Å². The van der Waals surface area contributed by atoms with Crippen LogP contribution in [0.2, 0.25) is 5.02 Å². The number of rotatable bonds is 5. The zero-order chi connectivity index (χ0) is 17.2. The first-order chi connectivity index (χ1) is 10.8. The SMILES string of the molecule is CCNS(=O)(=O)c1ccc(C(O)c2ccc(F)cc2Cl)c(Br)c1. The number of nitrogens with one attached hydrogen (secondary N) is 1. The Labute approximate surface area is 147 Å². The molecule has 0 fully saturated rings. The van der Waals surface area contributed by atoms with Gasteiger partial charge in [-0.2, -0.15) is 0 Å². The molecule has 1 atom stereocenters. The first kappa shape index (κ1) is 18.4. The third kappa shape index (κ3) is 4.10. The molecule has 0 aliphatic carbocycles. The van der Waals surface area contributed by atoms with Crippen molar-refractivity contribution >= 4 is 37.6 Å². The van der Waals surface area contributed by atoms with Crippen LogP contribution in [0.5, 0.6) is 0 Å². The molecule has 0 radical (unpaired) electrons. The molecular formula is C15H14BrClFNO3S. The van der Waals surface area contributed by atoms with Gasteiger partial charge < -0.3 is 5.11 Å². The average molecular weight is 423 g/mol. The van der Waals surface area contributed by atoms with Crippen LogP contribution in [0.1, 0.15) is 24.2 Å². The molecule has 23 heavy (non-hydrogen) atoms. The van der Waals surface area contributed by atoms with Crippen LogP contribution in [0.4, 0.5) is 4.39 Å². The maximum Gasteiger partial charge on any atom is 0.240 e. The molecule has 0 saturated carbocycles. The minimum atomic E-state index is -3.59. The van der Waals surface area contributed by atoms with Crippen LogP contribution in [-0.4, -0.2) is 20.1 Å². The van der Waals surface area contributed by atoms with Gasteiger partial charge in [-0.05, 0) is 29.8 Å². The van der Waals surface area contributed by atoms with Gasteiger partial charge in [0.1, 0.15) is 11.9 Å². The Kier molecular flexibility index (Phi) is 5.80. The first-order valence-corrected chi connectivity index (χ1v) is 9.33. The molecule has 124 valence electrons. The molecule has 0 aliphatic rings. The zero-order valence-corrected chi connectivity index (χ0v) is 15.2. The Morgan fingerprint density at radius 2 is 1.91 bits per heavy atom. The van der Waals surface area contributed by atoms with Gasteiger partial charge in [-0.15, -0.1) is 0 Å². The van der Waals surface area contributed by atoms with Crippen LogP contribution < -0.4 is 4.72 Å². The second kappa shape index (κ2) is 7.27. The van der Waals surface area contributed by atoms with Crippen LogP contribution in [0.25, 0.3) is 0 Å². The standard InChI is InChI=1S/C15H14BrClFNO3S/c1-2-19-23(21,22)10-4-6-11(13(16)8-10)15(20)12-5-3-9(18)7-14(12)17/h3-8,15,19-20H,2H2,1H3. The van der Waals surface area contributed by atoms with Crippen molar-refractivity contribution in [2.45, 2.75) is 17.9 Å². The number of benzene rings is 2. The van der Waals surface area contributed by atoms with E-state index in [2.05, 4.69) is 20.7 Å². The number of hydrogen-bond donors (Lipinski definition) is 2. The third-order valence-corrected chi connectivity index (χ3v) is 5.73. The summed E-state index contributed by atoms with van der Waals surface area (Å²) in [7, 11) is -3.59. The minimum Gasteiger partial charge on any atom is -0.384 e. The van der Waals surface area contributed by atoms with E-state index in [0.717, 1.165) is 6.07 Å². The maximum atomic E-state index is 13.1. The van der Waals surface area contributed by atoms with Gasteiger partial charge >= 0.3 is 0 Å². The van der Waals surface area contributed by atoms with E-state index in [-0.39, 0.29) is 16.5 Å². The fourth-order valence-corrected chi connectivity index (χ4v) is 4.15. The van der Waals surface area contributed by atoms with Crippen molar-refractivity contribution in [1.82, 2.24) is 4.72 Å². The highest BCUT2D eigenvalue weighted by atomic mass is 79.9. The predicted octanol–water partition coefficient (Wildman–Crippen LogP) is 3.62. The van der Waals surface area contributed by atoms with Gasteiger partial charge in [0.25, 0.3) is 0 Å². The lowest BCUT2D eigenvalue weighted by atomic mass is 10.0. The lowest BCUT2D eigenvalue weighted by molar-refractivity contribution is 0.219. The summed E-state index contributed by atoms with van der Waals surface area (Å²) in [5.41, 5.74) is 0.755. The number of aliphatic hydroxyl groups excluding tert-OH is 1. The maximum absolute atomic E-state index is 13.1. The van der Waals surface area contributed by atoms with Crippen LogP contribution in [0.15, 0.2) is 45.8 Å². The van der Waals surface area contributed by atoms with Crippen LogP contribution in [-0.2, 0) is 10.0 Å². The van der Waals surface area contributed by atoms with E-state index in [1.165, 1.54) is 30.3 Å². The zero-order valence-electron chi connectivity index (χ0n) is 12.1. The van der Waals surface area contributed by atoms with Crippen molar-refractivity contribution in [2.75, 3.05) is 6.54 Å². The Balaban J connectivity index is 2.41. The molecule has 0 heterocycles. The van der Waals surface area contributed by atoms with Gasteiger partial charge in [0.05, 0.1) is 4.90 Å². The van der Waals surface area contributed by atoms with Crippen LogP contribution in [0.3, 0.4) is 0 Å². The normalized spacial score (nSPS) is 13.1. The molecule has 0 aliphatic heterocycles. The fourth-order valence-electron chi connectivity index (χ4n) is 2.06. The number of hydrogen-bond acceptors (Lipinski definition) is 3. The summed E-state index contributed by atoms with van der Waals surface area (Å²) in [6.45, 7) is 1.96. The summed E-state index contributed by atoms with van der Waals surface area (Å²) >= 11 is 9.21. The Hall–Kier alpha value is -0.990. The highest BCUT2D eigenvalue weighted by Gasteiger charge is 2.20. The van der Waals surface area contributed by atoms with E-state index in [0.29, 0.717) is 15.6 Å². The summed E-state index contributed by atoms with van der Waals surface area (Å²) in [5, 5.41) is 10.5. The summed E-state index contributed by atoms with van der Waals surface area (Å²) < 4.78 is 39.8. The summed E-state index contributed by atoms with van der Waals surface area (Å²) in [6.07, 6.45) is -1.12. The van der Waals surface area contributed by atoms with E-state index in [1.807, 2.05) is 0 Å². The second-order valence-corrected chi connectivity index (χ2v) is 7.78. The Morgan fingerprint density at radius 3 is 2.48 bits per heavy atom. The van der Waals surface area contributed by atoms with Gasteiger partial charge in [-0.1, -0.05) is 46.6 Å². The first-order valence-electron chi connectivity index (χ1n) is 6.68. The molecular weight excluding hydrogens is 409 g/mol. The van der Waals surface area contributed by atoms with E-state index in [9.17, 15) is 17.9 Å². The smallest absolute Gasteiger partial charge is 0.240 e. The molecule has 2 aromatic carbocycles. The van der Waals surface area contributed by atoms with Crippen molar-refractivity contribution in [3.05, 3.63) is 62.8 Å². The molecule has 0 saturated heterocycles. The minimum absolute atomic E-state index is 0.0763. The van der Waals surface area contributed by atoms with Gasteiger partial charge in [-0.3, -0.25) is 0 Å². The van der Waals surface area contributed by atoms with Gasteiger partial charge in [0, 0.05) is 21.6 Å². The number of sulfonamides is 1. The average Bonchev–Trinajstić information content (AvgIpc) is 2.46. The topological polar surface area (TPSA) is 66.4 Å². The van der Waals surface area contributed by atoms with Crippen molar-refractivity contribution in [2.24, 2.45) is 0 Å².